The van der Waals surface area contributed by atoms with Crippen LogP contribution in [0.4, 0.5) is 0 Å². The molecule has 0 aliphatic rings. The van der Waals surface area contributed by atoms with Crippen LogP contribution in [0.1, 0.15) is 30.0 Å². The average molecular weight is 338 g/mol. The standard InChI is InChI=1S/C21H26N2O2/c1-4-19(21(25)22-3)23(15-17-11-6-5-7-12-17)20(24)14-18-13-9-8-10-16(18)2/h5-13,19H,4,14-15H2,1-3H3,(H,22,25). The average Bonchev–Trinajstić information content (AvgIpc) is 2.64. The molecule has 0 radical (unpaired) electrons. The zero-order valence-corrected chi connectivity index (χ0v) is 15.2. The highest BCUT2D eigenvalue weighted by molar-refractivity contribution is 5.88. The zero-order chi connectivity index (χ0) is 18.2. The van der Waals surface area contributed by atoms with Gasteiger partial charge in [-0.3, -0.25) is 9.59 Å². The van der Waals surface area contributed by atoms with Gasteiger partial charge in [0.15, 0.2) is 0 Å². The van der Waals surface area contributed by atoms with Gasteiger partial charge in [0.05, 0.1) is 6.42 Å². The molecule has 1 unspecified atom stereocenters. The van der Waals surface area contributed by atoms with Crippen molar-refractivity contribution < 1.29 is 9.59 Å². The van der Waals surface area contributed by atoms with Crippen LogP contribution < -0.4 is 5.32 Å². The molecule has 25 heavy (non-hydrogen) atoms. The Morgan fingerprint density at radius 1 is 1.04 bits per heavy atom. The summed E-state index contributed by atoms with van der Waals surface area (Å²) in [4.78, 5) is 27.0. The summed E-state index contributed by atoms with van der Waals surface area (Å²) < 4.78 is 0. The third-order valence-electron chi connectivity index (χ3n) is 4.43. The van der Waals surface area contributed by atoms with E-state index in [-0.39, 0.29) is 11.8 Å². The molecule has 0 aromatic heterocycles. The van der Waals surface area contributed by atoms with Gasteiger partial charge < -0.3 is 10.2 Å². The number of rotatable bonds is 7. The van der Waals surface area contributed by atoms with Gasteiger partial charge in [0.2, 0.25) is 11.8 Å². The van der Waals surface area contributed by atoms with Gasteiger partial charge in [0.25, 0.3) is 0 Å². The summed E-state index contributed by atoms with van der Waals surface area (Å²) in [5.74, 6) is -0.162. The number of aryl methyl sites for hydroxylation is 1. The molecule has 1 N–H and O–H groups in total. The zero-order valence-electron chi connectivity index (χ0n) is 15.2. The van der Waals surface area contributed by atoms with Crippen LogP contribution in [0.15, 0.2) is 54.6 Å². The van der Waals surface area contributed by atoms with Crippen molar-refractivity contribution in [3.8, 4) is 0 Å². The summed E-state index contributed by atoms with van der Waals surface area (Å²) in [5, 5.41) is 2.68. The van der Waals surface area contributed by atoms with Crippen molar-refractivity contribution in [3.05, 3.63) is 71.3 Å². The van der Waals surface area contributed by atoms with Gasteiger partial charge in [-0.05, 0) is 30.0 Å². The van der Waals surface area contributed by atoms with E-state index in [9.17, 15) is 9.59 Å². The van der Waals surface area contributed by atoms with Crippen LogP contribution in [0.5, 0.6) is 0 Å². The molecule has 4 heteroatoms. The monoisotopic (exact) mass is 338 g/mol. The van der Waals surface area contributed by atoms with Gasteiger partial charge in [-0.2, -0.15) is 0 Å². The second-order valence-electron chi connectivity index (χ2n) is 6.15. The quantitative estimate of drug-likeness (QED) is 0.843. The fourth-order valence-electron chi connectivity index (χ4n) is 2.94. The Balaban J connectivity index is 2.27. The SMILES string of the molecule is CCC(C(=O)NC)N(Cc1ccccc1)C(=O)Cc1ccccc1C. The molecule has 0 saturated carbocycles. The minimum absolute atomic E-state index is 0.0337. The maximum atomic E-state index is 13.0. The van der Waals surface area contributed by atoms with E-state index in [4.69, 9.17) is 0 Å². The topological polar surface area (TPSA) is 49.4 Å². The summed E-state index contributed by atoms with van der Waals surface area (Å²) in [7, 11) is 1.61. The van der Waals surface area contributed by atoms with Crippen LogP contribution in [-0.4, -0.2) is 29.8 Å². The van der Waals surface area contributed by atoms with Crippen LogP contribution in [0, 0.1) is 6.92 Å². The summed E-state index contributed by atoms with van der Waals surface area (Å²) in [6.45, 7) is 4.36. The van der Waals surface area contributed by atoms with E-state index in [0.717, 1.165) is 16.7 Å². The summed E-state index contributed by atoms with van der Waals surface area (Å²) in [6, 6.07) is 17.2. The van der Waals surface area contributed by atoms with E-state index in [1.807, 2.05) is 68.4 Å². The highest BCUT2D eigenvalue weighted by atomic mass is 16.2. The molecule has 132 valence electrons. The van der Waals surface area contributed by atoms with Gasteiger partial charge >= 0.3 is 0 Å². The second-order valence-corrected chi connectivity index (χ2v) is 6.15. The largest absolute Gasteiger partial charge is 0.357 e. The molecule has 0 saturated heterocycles. The third kappa shape index (κ3) is 4.92. The molecule has 2 rings (SSSR count). The number of amides is 2. The van der Waals surface area contributed by atoms with Crippen molar-refractivity contribution in [1.29, 1.82) is 0 Å². The van der Waals surface area contributed by atoms with Crippen molar-refractivity contribution in [2.24, 2.45) is 0 Å². The highest BCUT2D eigenvalue weighted by Gasteiger charge is 2.28. The molecular formula is C21H26N2O2. The number of hydrogen-bond acceptors (Lipinski definition) is 2. The number of carbonyl (C=O) groups is 2. The molecule has 1 atom stereocenters. The van der Waals surface area contributed by atoms with Crippen molar-refractivity contribution in [3.63, 3.8) is 0 Å². The molecule has 0 bridgehead atoms. The lowest BCUT2D eigenvalue weighted by Gasteiger charge is -2.30. The van der Waals surface area contributed by atoms with Crippen LogP contribution >= 0.6 is 0 Å². The fraction of sp³-hybridized carbons (Fsp3) is 0.333. The summed E-state index contributed by atoms with van der Waals surface area (Å²) in [6.07, 6.45) is 0.874. The Bertz CT molecular complexity index is 713. The van der Waals surface area contributed by atoms with E-state index in [2.05, 4.69) is 5.32 Å². The number of benzene rings is 2. The van der Waals surface area contributed by atoms with E-state index in [1.165, 1.54) is 0 Å². The van der Waals surface area contributed by atoms with Gasteiger partial charge in [-0.15, -0.1) is 0 Å². The molecule has 2 amide bonds. The Morgan fingerprint density at radius 2 is 1.68 bits per heavy atom. The van der Waals surface area contributed by atoms with Gasteiger partial charge in [-0.1, -0.05) is 61.5 Å². The van der Waals surface area contributed by atoms with Gasteiger partial charge in [0.1, 0.15) is 6.04 Å². The molecule has 0 aliphatic heterocycles. The van der Waals surface area contributed by atoms with Crippen molar-refractivity contribution in [2.45, 2.75) is 39.3 Å². The maximum Gasteiger partial charge on any atom is 0.242 e. The summed E-state index contributed by atoms with van der Waals surface area (Å²) >= 11 is 0. The van der Waals surface area contributed by atoms with Crippen molar-refractivity contribution in [1.82, 2.24) is 10.2 Å². The minimum Gasteiger partial charge on any atom is -0.357 e. The maximum absolute atomic E-state index is 13.0. The van der Waals surface area contributed by atoms with E-state index < -0.39 is 6.04 Å². The molecule has 0 spiro atoms. The number of likely N-dealkylation sites (N-methyl/N-ethyl adjacent to an activating group) is 1. The molecule has 4 nitrogen and oxygen atoms in total. The molecule has 0 aliphatic carbocycles. The van der Waals surface area contributed by atoms with E-state index >= 15 is 0 Å². The molecule has 2 aromatic carbocycles. The number of hydrogen-bond donors (Lipinski definition) is 1. The first-order chi connectivity index (χ1) is 12.1. The van der Waals surface area contributed by atoms with Crippen LogP contribution in [0.3, 0.4) is 0 Å². The number of nitrogens with one attached hydrogen (secondary N) is 1. The molecule has 0 fully saturated rings. The van der Waals surface area contributed by atoms with Crippen molar-refractivity contribution in [2.75, 3.05) is 7.05 Å². The van der Waals surface area contributed by atoms with Crippen LogP contribution in [-0.2, 0) is 22.6 Å². The van der Waals surface area contributed by atoms with Gasteiger partial charge in [-0.25, -0.2) is 0 Å². The Labute approximate surface area is 149 Å². The first-order valence-electron chi connectivity index (χ1n) is 8.66. The molecule has 2 aromatic rings. The van der Waals surface area contributed by atoms with Crippen molar-refractivity contribution >= 4 is 11.8 Å². The van der Waals surface area contributed by atoms with E-state index in [1.54, 1.807) is 11.9 Å². The fourth-order valence-corrected chi connectivity index (χ4v) is 2.94. The second kappa shape index (κ2) is 9.02. The Kier molecular flexibility index (Phi) is 6.75. The first kappa shape index (κ1) is 18.7. The minimum atomic E-state index is -0.471. The Hall–Kier alpha value is -2.62. The summed E-state index contributed by atoms with van der Waals surface area (Å²) in [5.41, 5.74) is 3.10. The van der Waals surface area contributed by atoms with E-state index in [0.29, 0.717) is 19.4 Å². The van der Waals surface area contributed by atoms with Gasteiger partial charge in [0, 0.05) is 13.6 Å². The van der Waals surface area contributed by atoms with Crippen LogP contribution in [0.2, 0.25) is 0 Å². The lowest BCUT2D eigenvalue weighted by Crippen LogP contribution is -2.48. The predicted octanol–water partition coefficient (Wildman–Crippen LogP) is 3.09. The Morgan fingerprint density at radius 3 is 2.28 bits per heavy atom. The predicted molar refractivity (Wildman–Crippen MR) is 100 cm³/mol. The van der Waals surface area contributed by atoms with Crippen LogP contribution in [0.25, 0.3) is 0 Å². The number of carbonyl (C=O) groups excluding carboxylic acids is 2. The smallest absolute Gasteiger partial charge is 0.242 e. The number of nitrogens with zero attached hydrogens (tertiary/aromatic N) is 1. The lowest BCUT2D eigenvalue weighted by molar-refractivity contribution is -0.140. The highest BCUT2D eigenvalue weighted by Crippen LogP contribution is 2.16. The lowest BCUT2D eigenvalue weighted by atomic mass is 10.0. The normalized spacial score (nSPS) is 11.6. The molecular weight excluding hydrogens is 312 g/mol. The third-order valence-corrected chi connectivity index (χ3v) is 4.43. The first-order valence-corrected chi connectivity index (χ1v) is 8.66. The molecule has 0 heterocycles.